The van der Waals surface area contributed by atoms with Crippen LogP contribution >= 0.6 is 0 Å². The van der Waals surface area contributed by atoms with Crippen molar-refractivity contribution in [1.82, 2.24) is 10.3 Å². The highest BCUT2D eigenvalue weighted by molar-refractivity contribution is 5.85. The van der Waals surface area contributed by atoms with Gasteiger partial charge in [-0.15, -0.1) is 0 Å². The molecule has 1 N–H and O–H groups in total. The number of nitrogens with zero attached hydrogens (tertiary/aromatic N) is 1. The van der Waals surface area contributed by atoms with Crippen LogP contribution in [0.2, 0.25) is 0 Å². The fourth-order valence-corrected chi connectivity index (χ4v) is 2.18. The largest absolute Gasteiger partial charge is 0.416 e. The SMILES string of the molecule is O=C(Cc1cc(C(F)(F)F)ccn1)[C@@H]1CCCCN1. The Balaban J connectivity index is 2.04. The highest BCUT2D eigenvalue weighted by Crippen LogP contribution is 2.29. The van der Waals surface area contributed by atoms with Crippen molar-refractivity contribution in [2.75, 3.05) is 6.54 Å². The number of piperidine rings is 1. The second kappa shape index (κ2) is 5.69. The number of carbonyl (C=O) groups excluding carboxylic acids is 1. The van der Waals surface area contributed by atoms with Gasteiger partial charge in [0.15, 0.2) is 5.78 Å². The summed E-state index contributed by atoms with van der Waals surface area (Å²) in [5.74, 6) is -0.0912. The summed E-state index contributed by atoms with van der Waals surface area (Å²) in [5, 5.41) is 3.08. The van der Waals surface area contributed by atoms with Gasteiger partial charge in [0.25, 0.3) is 0 Å². The standard InChI is InChI=1S/C13H15F3N2O/c14-13(15,16)9-4-6-17-10(7-9)8-12(19)11-3-1-2-5-18-11/h4,6-7,11,18H,1-3,5,8H2/t11-/m0/s1. The maximum absolute atomic E-state index is 12.5. The minimum absolute atomic E-state index is 0.0540. The normalized spacial score (nSPS) is 20.3. The molecule has 1 aromatic rings. The van der Waals surface area contributed by atoms with Gasteiger partial charge in [-0.25, -0.2) is 0 Å². The van der Waals surface area contributed by atoms with Gasteiger partial charge in [0.2, 0.25) is 0 Å². The van der Waals surface area contributed by atoms with E-state index in [4.69, 9.17) is 0 Å². The molecule has 104 valence electrons. The number of halogens is 3. The Morgan fingerprint density at radius 3 is 2.84 bits per heavy atom. The molecule has 0 aliphatic carbocycles. The van der Waals surface area contributed by atoms with Crippen molar-refractivity contribution in [3.05, 3.63) is 29.6 Å². The first-order valence-electron chi connectivity index (χ1n) is 6.25. The lowest BCUT2D eigenvalue weighted by Gasteiger charge is -2.22. The summed E-state index contributed by atoms with van der Waals surface area (Å²) in [6.45, 7) is 0.784. The molecule has 1 aliphatic rings. The van der Waals surface area contributed by atoms with Crippen LogP contribution in [0, 0.1) is 0 Å². The lowest BCUT2D eigenvalue weighted by atomic mass is 9.98. The smallest absolute Gasteiger partial charge is 0.307 e. The predicted octanol–water partition coefficient (Wildman–Crippen LogP) is 2.35. The van der Waals surface area contributed by atoms with Crippen LogP contribution < -0.4 is 5.32 Å². The molecule has 0 spiro atoms. The molecule has 0 radical (unpaired) electrons. The molecule has 0 aromatic carbocycles. The maximum atomic E-state index is 12.5. The van der Waals surface area contributed by atoms with E-state index >= 15 is 0 Å². The van der Waals surface area contributed by atoms with Crippen molar-refractivity contribution in [1.29, 1.82) is 0 Å². The number of hydrogen-bond acceptors (Lipinski definition) is 3. The Bertz CT molecular complexity index is 453. The number of pyridine rings is 1. The Morgan fingerprint density at radius 1 is 1.42 bits per heavy atom. The molecule has 1 aliphatic heterocycles. The molecule has 0 bridgehead atoms. The highest BCUT2D eigenvalue weighted by Gasteiger charge is 2.31. The zero-order valence-corrected chi connectivity index (χ0v) is 10.3. The second-order valence-electron chi connectivity index (χ2n) is 4.68. The van der Waals surface area contributed by atoms with Crippen LogP contribution in [-0.4, -0.2) is 23.4 Å². The molecule has 0 unspecified atom stereocenters. The van der Waals surface area contributed by atoms with E-state index in [1.165, 1.54) is 0 Å². The van der Waals surface area contributed by atoms with Crippen molar-refractivity contribution in [3.63, 3.8) is 0 Å². The fraction of sp³-hybridized carbons (Fsp3) is 0.538. The molecule has 0 saturated carbocycles. The van der Waals surface area contributed by atoms with Crippen LogP contribution in [0.3, 0.4) is 0 Å². The van der Waals surface area contributed by atoms with E-state index in [-0.39, 0.29) is 23.9 Å². The van der Waals surface area contributed by atoms with Gasteiger partial charge in [-0.1, -0.05) is 6.42 Å². The third kappa shape index (κ3) is 3.76. The summed E-state index contributed by atoms with van der Waals surface area (Å²) in [6, 6.07) is 1.61. The van der Waals surface area contributed by atoms with Crippen LogP contribution in [0.5, 0.6) is 0 Å². The number of aromatic nitrogens is 1. The van der Waals surface area contributed by atoms with Gasteiger partial charge in [0.1, 0.15) is 0 Å². The first kappa shape index (κ1) is 14.0. The number of alkyl halides is 3. The first-order valence-corrected chi connectivity index (χ1v) is 6.25. The van der Waals surface area contributed by atoms with Crippen molar-refractivity contribution in [2.45, 2.75) is 37.9 Å². The zero-order chi connectivity index (χ0) is 13.9. The fourth-order valence-electron chi connectivity index (χ4n) is 2.18. The van der Waals surface area contributed by atoms with Crippen LogP contribution in [0.25, 0.3) is 0 Å². The zero-order valence-electron chi connectivity index (χ0n) is 10.3. The Hall–Kier alpha value is -1.43. The summed E-state index contributed by atoms with van der Waals surface area (Å²) < 4.78 is 37.6. The predicted molar refractivity (Wildman–Crippen MR) is 63.6 cm³/mol. The number of hydrogen-bond donors (Lipinski definition) is 1. The van der Waals surface area contributed by atoms with Gasteiger partial charge in [-0.3, -0.25) is 9.78 Å². The van der Waals surface area contributed by atoms with E-state index in [0.717, 1.165) is 44.1 Å². The molecule has 19 heavy (non-hydrogen) atoms. The third-order valence-electron chi connectivity index (χ3n) is 3.20. The van der Waals surface area contributed by atoms with Crippen molar-refractivity contribution >= 4 is 5.78 Å². The van der Waals surface area contributed by atoms with E-state index in [9.17, 15) is 18.0 Å². The van der Waals surface area contributed by atoms with Crippen LogP contribution in [0.15, 0.2) is 18.3 Å². The highest BCUT2D eigenvalue weighted by atomic mass is 19.4. The van der Waals surface area contributed by atoms with Crippen molar-refractivity contribution < 1.29 is 18.0 Å². The summed E-state index contributed by atoms with van der Waals surface area (Å²) in [4.78, 5) is 15.8. The number of Topliss-reactive ketones (excluding diaryl/α,β-unsaturated/α-hetero) is 1. The Morgan fingerprint density at radius 2 is 2.21 bits per heavy atom. The summed E-state index contributed by atoms with van der Waals surface area (Å²) >= 11 is 0. The molecule has 0 amide bonds. The van der Waals surface area contributed by atoms with Gasteiger partial charge in [-0.05, 0) is 31.5 Å². The monoisotopic (exact) mass is 272 g/mol. The molecule has 2 rings (SSSR count). The molecule has 2 heterocycles. The molecular weight excluding hydrogens is 257 g/mol. The number of ketones is 1. The van der Waals surface area contributed by atoms with Crippen LogP contribution in [-0.2, 0) is 17.4 Å². The first-order chi connectivity index (χ1) is 8.97. The minimum Gasteiger partial charge on any atom is -0.307 e. The van der Waals surface area contributed by atoms with Crippen LogP contribution in [0.1, 0.15) is 30.5 Å². The lowest BCUT2D eigenvalue weighted by Crippen LogP contribution is -2.41. The summed E-state index contributed by atoms with van der Waals surface area (Å²) in [5.41, 5.74) is -0.589. The van der Waals surface area contributed by atoms with Gasteiger partial charge in [-0.2, -0.15) is 13.2 Å². The maximum Gasteiger partial charge on any atom is 0.416 e. The van der Waals surface area contributed by atoms with Gasteiger partial charge >= 0.3 is 6.18 Å². The molecule has 1 fully saturated rings. The minimum atomic E-state index is -4.40. The number of nitrogens with one attached hydrogen (secondary N) is 1. The summed E-state index contributed by atoms with van der Waals surface area (Å²) in [6.07, 6.45) is -0.603. The average Bonchev–Trinajstić information content (AvgIpc) is 2.39. The van der Waals surface area contributed by atoms with Gasteiger partial charge in [0.05, 0.1) is 18.0 Å². The molecule has 3 nitrogen and oxygen atoms in total. The van der Waals surface area contributed by atoms with E-state index in [2.05, 4.69) is 10.3 Å². The lowest BCUT2D eigenvalue weighted by molar-refractivity contribution is -0.137. The molecule has 1 atom stereocenters. The van der Waals surface area contributed by atoms with E-state index in [1.807, 2.05) is 0 Å². The average molecular weight is 272 g/mol. The second-order valence-corrected chi connectivity index (χ2v) is 4.68. The van der Waals surface area contributed by atoms with Gasteiger partial charge in [0, 0.05) is 11.9 Å². The van der Waals surface area contributed by atoms with Crippen molar-refractivity contribution in [3.8, 4) is 0 Å². The van der Waals surface area contributed by atoms with Crippen LogP contribution in [0.4, 0.5) is 13.2 Å². The number of rotatable bonds is 3. The Kier molecular flexibility index (Phi) is 4.19. The number of carbonyl (C=O) groups is 1. The molecule has 1 aromatic heterocycles. The van der Waals surface area contributed by atoms with Crippen molar-refractivity contribution in [2.24, 2.45) is 0 Å². The quantitative estimate of drug-likeness (QED) is 0.918. The molecule has 1 saturated heterocycles. The van der Waals surface area contributed by atoms with E-state index in [0.29, 0.717) is 0 Å². The summed E-state index contributed by atoms with van der Waals surface area (Å²) in [7, 11) is 0. The Labute approximate surface area is 109 Å². The topological polar surface area (TPSA) is 42.0 Å². The van der Waals surface area contributed by atoms with E-state index in [1.54, 1.807) is 0 Å². The van der Waals surface area contributed by atoms with Gasteiger partial charge < -0.3 is 5.32 Å². The van der Waals surface area contributed by atoms with E-state index < -0.39 is 11.7 Å². The third-order valence-corrected chi connectivity index (χ3v) is 3.20. The molecule has 6 heteroatoms. The molecular formula is C13H15F3N2O.